The van der Waals surface area contributed by atoms with Crippen LogP contribution in [0, 0.1) is 11.8 Å². The number of halogens is 4. The molecule has 0 radical (unpaired) electrons. The first-order valence-corrected chi connectivity index (χ1v) is 15.6. The monoisotopic (exact) mass is 666 g/mol. The van der Waals surface area contributed by atoms with Crippen molar-refractivity contribution < 1.29 is 36.6 Å². The molecule has 45 heavy (non-hydrogen) atoms. The number of methoxy groups -OCH3 is 1. The molecule has 1 aromatic heterocycles. The molecule has 0 spiro atoms. The number of carbonyl (C=O) groups is 2. The van der Waals surface area contributed by atoms with Gasteiger partial charge in [0.25, 0.3) is 5.91 Å². The lowest BCUT2D eigenvalue weighted by atomic mass is 10.0. The van der Waals surface area contributed by atoms with Gasteiger partial charge in [0.05, 0.1) is 52.1 Å². The zero-order valence-corrected chi connectivity index (χ0v) is 27.0. The molecule has 1 fully saturated rings. The number of rotatable bonds is 7. The van der Waals surface area contributed by atoms with Crippen LogP contribution in [0.25, 0.3) is 10.1 Å². The smallest absolute Gasteiger partial charge is 0.446 e. The van der Waals surface area contributed by atoms with Gasteiger partial charge >= 0.3 is 11.6 Å². The molecule has 242 valence electrons. The highest BCUT2D eigenvalue weighted by Crippen LogP contribution is 2.47. The van der Waals surface area contributed by atoms with Crippen LogP contribution < -0.4 is 20.7 Å². The number of benzene rings is 2. The molecule has 2 atom stereocenters. The van der Waals surface area contributed by atoms with Crippen LogP contribution in [0.3, 0.4) is 0 Å². The largest absolute Gasteiger partial charge is 0.495 e. The molecule has 0 saturated carbocycles. The van der Waals surface area contributed by atoms with E-state index >= 15 is 4.39 Å². The van der Waals surface area contributed by atoms with Gasteiger partial charge in [-0.25, -0.2) is 9.18 Å². The van der Waals surface area contributed by atoms with Gasteiger partial charge in [0.15, 0.2) is 0 Å². The number of anilines is 2. The third kappa shape index (κ3) is 8.88. The highest BCUT2D eigenvalue weighted by atomic mass is 32.2. The Morgan fingerprint density at radius 2 is 1.91 bits per heavy atom. The number of fused-ring (bicyclic) bond motifs is 1. The number of likely N-dealkylation sites (tertiary alicyclic amines) is 1. The fraction of sp³-hybridized carbons (Fsp3) is 0.419. The van der Waals surface area contributed by atoms with Gasteiger partial charge in [0, 0.05) is 24.5 Å². The van der Waals surface area contributed by atoms with E-state index in [-0.39, 0.29) is 53.5 Å². The maximum atomic E-state index is 15.2. The zero-order valence-electron chi connectivity index (χ0n) is 25.4. The van der Waals surface area contributed by atoms with E-state index < -0.39 is 29.4 Å². The summed E-state index contributed by atoms with van der Waals surface area (Å²) in [5.74, 6) is 5.88. The quantitative estimate of drug-likeness (QED) is 0.141. The van der Waals surface area contributed by atoms with Crippen molar-refractivity contribution in [3.63, 3.8) is 0 Å². The van der Waals surface area contributed by atoms with Crippen LogP contribution in [0.5, 0.6) is 5.75 Å². The van der Waals surface area contributed by atoms with Crippen molar-refractivity contribution in [2.24, 2.45) is 0 Å². The molecule has 14 heteroatoms. The van der Waals surface area contributed by atoms with Crippen LogP contribution in [-0.2, 0) is 4.74 Å². The number of thiophene rings is 1. The molecular formula is C31H34F4N4O4S2. The lowest BCUT2D eigenvalue weighted by Gasteiger charge is -2.36. The zero-order chi connectivity index (χ0) is 32.9. The number of hydrogen-bond donors (Lipinski definition) is 3. The van der Waals surface area contributed by atoms with E-state index in [2.05, 4.69) is 27.8 Å². The number of nitrogens with one attached hydrogen (secondary N) is 3. The summed E-state index contributed by atoms with van der Waals surface area (Å²) in [6, 6.07) is 9.08. The number of ether oxygens (including phenoxy) is 2. The maximum absolute atomic E-state index is 15.2. The minimum Gasteiger partial charge on any atom is -0.495 e. The van der Waals surface area contributed by atoms with E-state index in [1.165, 1.54) is 19.1 Å². The number of amides is 2. The molecule has 2 aromatic carbocycles. The predicted octanol–water partition coefficient (Wildman–Crippen LogP) is 7.10. The highest BCUT2D eigenvalue weighted by molar-refractivity contribution is 8.00. The molecule has 8 nitrogen and oxygen atoms in total. The number of nitrogens with zero attached hydrogens (tertiary/aromatic N) is 1. The van der Waals surface area contributed by atoms with Crippen LogP contribution >= 0.6 is 23.1 Å². The van der Waals surface area contributed by atoms with Crippen molar-refractivity contribution in [2.45, 2.75) is 55.4 Å². The van der Waals surface area contributed by atoms with E-state index in [1.54, 1.807) is 57.2 Å². The second kappa shape index (κ2) is 14.1. The molecule has 4 rings (SSSR count). The molecule has 1 aliphatic heterocycles. The molecule has 0 unspecified atom stereocenters. The lowest BCUT2D eigenvalue weighted by molar-refractivity contribution is -0.0327. The third-order valence-electron chi connectivity index (χ3n) is 6.68. The topological polar surface area (TPSA) is 91.9 Å². The van der Waals surface area contributed by atoms with Gasteiger partial charge < -0.3 is 30.3 Å². The van der Waals surface area contributed by atoms with Crippen LogP contribution in [0.1, 0.15) is 42.4 Å². The average Bonchev–Trinajstić information content (AvgIpc) is 3.31. The average molecular weight is 667 g/mol. The first kappa shape index (κ1) is 34.1. The van der Waals surface area contributed by atoms with Gasteiger partial charge in [0.2, 0.25) is 0 Å². The summed E-state index contributed by atoms with van der Waals surface area (Å²) in [6.45, 7) is 5.40. The van der Waals surface area contributed by atoms with Crippen molar-refractivity contribution in [3.8, 4) is 17.6 Å². The Balaban J connectivity index is 1.54. The van der Waals surface area contributed by atoms with Crippen molar-refractivity contribution in [3.05, 3.63) is 46.8 Å². The van der Waals surface area contributed by atoms with Crippen LogP contribution in [0.4, 0.5) is 33.7 Å². The van der Waals surface area contributed by atoms with E-state index in [4.69, 9.17) is 9.47 Å². The lowest BCUT2D eigenvalue weighted by Crippen LogP contribution is -2.51. The normalized spacial score (nSPS) is 16.9. The fourth-order valence-electron chi connectivity index (χ4n) is 4.66. The molecule has 1 aliphatic rings. The molecule has 2 heterocycles. The first-order valence-electron chi connectivity index (χ1n) is 14.0. The van der Waals surface area contributed by atoms with Gasteiger partial charge in [0.1, 0.15) is 17.5 Å². The summed E-state index contributed by atoms with van der Waals surface area (Å²) in [5, 5.41) is 9.13. The van der Waals surface area contributed by atoms with E-state index in [0.29, 0.717) is 32.8 Å². The summed E-state index contributed by atoms with van der Waals surface area (Å²) in [4.78, 5) is 25.8. The van der Waals surface area contributed by atoms with Crippen LogP contribution in [0.2, 0.25) is 0 Å². The second-order valence-electron chi connectivity index (χ2n) is 11.1. The third-order valence-corrected chi connectivity index (χ3v) is 8.82. The Bertz CT molecular complexity index is 1610. The van der Waals surface area contributed by atoms with Crippen molar-refractivity contribution >= 4 is 56.6 Å². The summed E-state index contributed by atoms with van der Waals surface area (Å²) in [6.07, 6.45) is -1.72. The van der Waals surface area contributed by atoms with Gasteiger partial charge in [-0.1, -0.05) is 24.0 Å². The summed E-state index contributed by atoms with van der Waals surface area (Å²) in [7, 11) is 2.98. The molecule has 1 saturated heterocycles. The Morgan fingerprint density at radius 1 is 1.16 bits per heavy atom. The van der Waals surface area contributed by atoms with Crippen LogP contribution in [0.15, 0.2) is 41.3 Å². The highest BCUT2D eigenvalue weighted by Gasteiger charge is 2.35. The first-order chi connectivity index (χ1) is 21.2. The van der Waals surface area contributed by atoms with Gasteiger partial charge in [-0.2, -0.15) is 13.2 Å². The Kier molecular flexibility index (Phi) is 10.7. The van der Waals surface area contributed by atoms with Crippen molar-refractivity contribution in [1.82, 2.24) is 10.2 Å². The SMILES string of the molecule is CNC(=O)c1ccc(NCC#Cc2sc3c(N[C@@H]4CCN(C(=O)OC(C)(C)C)C[C@@H]4F)cccc3c2SC(F)(F)F)c(OC)c1. The molecular weight excluding hydrogens is 632 g/mol. The Hall–Kier alpha value is -3.83. The van der Waals surface area contributed by atoms with Gasteiger partial charge in [-0.05, 0) is 63.2 Å². The van der Waals surface area contributed by atoms with Crippen LogP contribution in [-0.4, -0.2) is 74.0 Å². The van der Waals surface area contributed by atoms with E-state index in [1.807, 2.05) is 0 Å². The number of hydrogen-bond acceptors (Lipinski definition) is 8. The standard InChI is InChI=1S/C31H34F4N4O4S2/c1-30(2,3)43-29(41)39-15-13-21(20(32)17-39)38-23-9-6-8-19-26(23)44-25(27(19)45-31(33,34)35)10-7-14-37-22-12-11-18(28(40)36-4)16-24(22)42-5/h6,8-9,11-12,16,20-21,37-38H,13-15,17H2,1-5H3,(H,36,40)/t20-,21+/m0/s1. The number of thioether (sulfide) groups is 1. The molecule has 2 amide bonds. The number of alkyl halides is 4. The minimum absolute atomic E-state index is 0.0253. The minimum atomic E-state index is -4.55. The van der Waals surface area contributed by atoms with E-state index in [9.17, 15) is 22.8 Å². The Labute approximate surface area is 267 Å². The summed E-state index contributed by atoms with van der Waals surface area (Å²) < 4.78 is 67.3. The Morgan fingerprint density at radius 3 is 2.56 bits per heavy atom. The molecule has 0 aliphatic carbocycles. The second-order valence-corrected chi connectivity index (χ2v) is 13.2. The fourth-order valence-corrected chi connectivity index (χ4v) is 6.67. The maximum Gasteiger partial charge on any atom is 0.446 e. The predicted molar refractivity (Wildman–Crippen MR) is 170 cm³/mol. The van der Waals surface area contributed by atoms with Gasteiger partial charge in [-0.15, -0.1) is 11.3 Å². The van der Waals surface area contributed by atoms with Crippen molar-refractivity contribution in [2.75, 3.05) is 44.4 Å². The van der Waals surface area contributed by atoms with E-state index in [0.717, 1.165) is 11.3 Å². The number of carbonyl (C=O) groups excluding carboxylic acids is 2. The molecule has 3 N–H and O–H groups in total. The van der Waals surface area contributed by atoms with Gasteiger partial charge in [-0.3, -0.25) is 4.79 Å². The van der Waals surface area contributed by atoms with Crippen molar-refractivity contribution in [1.29, 1.82) is 0 Å². The number of piperidine rings is 1. The summed E-state index contributed by atoms with van der Waals surface area (Å²) in [5.41, 5.74) is -3.80. The summed E-state index contributed by atoms with van der Waals surface area (Å²) >= 11 is 0.857. The molecule has 0 bridgehead atoms. The molecule has 3 aromatic rings.